The van der Waals surface area contributed by atoms with E-state index in [2.05, 4.69) is 10.6 Å². The first-order valence-electron chi connectivity index (χ1n) is 13.0. The zero-order valence-corrected chi connectivity index (χ0v) is 22.1. The summed E-state index contributed by atoms with van der Waals surface area (Å²) in [6, 6.07) is 16.3. The van der Waals surface area contributed by atoms with Crippen LogP contribution in [0.1, 0.15) is 42.3 Å². The van der Waals surface area contributed by atoms with Gasteiger partial charge in [0.05, 0.1) is 35.9 Å². The molecule has 0 aliphatic heterocycles. The predicted molar refractivity (Wildman–Crippen MR) is 148 cm³/mol. The summed E-state index contributed by atoms with van der Waals surface area (Å²) >= 11 is 0. The van der Waals surface area contributed by atoms with Crippen LogP contribution in [0.5, 0.6) is 0 Å². The zero-order chi connectivity index (χ0) is 28.5. The van der Waals surface area contributed by atoms with E-state index in [1.165, 1.54) is 23.0 Å². The zero-order valence-electron chi connectivity index (χ0n) is 22.1. The standard InChI is InChI=1S/C29H30N4O7/c1-2-39-28(37)20-12-14-21(15-13-20)31-26(35)19-33-24-10-4-3-9-23(24)27(36)32(29(33)38)16-6-5-11-25(34)30-18-22-8-7-17-40-22/h3-4,7-10,12-15,17H,2,5-6,11,16,18-19H2,1H3,(H,30,34)(H,31,35). The number of nitrogens with one attached hydrogen (secondary N) is 2. The molecule has 4 aromatic rings. The third-order valence-electron chi connectivity index (χ3n) is 6.19. The van der Waals surface area contributed by atoms with Crippen molar-refractivity contribution in [3.63, 3.8) is 0 Å². The molecular weight excluding hydrogens is 516 g/mol. The van der Waals surface area contributed by atoms with E-state index in [-0.39, 0.29) is 38.6 Å². The minimum Gasteiger partial charge on any atom is -0.467 e. The van der Waals surface area contributed by atoms with Gasteiger partial charge in [-0.3, -0.25) is 23.5 Å². The van der Waals surface area contributed by atoms with Gasteiger partial charge in [0.1, 0.15) is 12.3 Å². The molecule has 0 fully saturated rings. The second-order valence-corrected chi connectivity index (χ2v) is 9.00. The maximum Gasteiger partial charge on any atom is 0.338 e. The Bertz CT molecular complexity index is 1600. The molecule has 11 heteroatoms. The fourth-order valence-corrected chi connectivity index (χ4v) is 4.21. The van der Waals surface area contributed by atoms with Crippen molar-refractivity contribution in [2.45, 2.75) is 45.8 Å². The minimum atomic E-state index is -0.612. The van der Waals surface area contributed by atoms with Crippen LogP contribution in [0, 0.1) is 0 Å². The molecule has 2 aromatic carbocycles. The van der Waals surface area contributed by atoms with Crippen LogP contribution in [-0.4, -0.2) is 33.5 Å². The summed E-state index contributed by atoms with van der Waals surface area (Å²) in [5.41, 5.74) is 0.0740. The van der Waals surface area contributed by atoms with Crippen LogP contribution in [0.3, 0.4) is 0 Å². The molecule has 0 bridgehead atoms. The number of unbranched alkanes of at least 4 members (excludes halogenated alkanes) is 1. The summed E-state index contributed by atoms with van der Waals surface area (Å²) in [5, 5.41) is 5.78. The molecule has 0 aliphatic carbocycles. The Kier molecular flexibility index (Phi) is 9.29. The first-order valence-corrected chi connectivity index (χ1v) is 13.0. The predicted octanol–water partition coefficient (Wildman–Crippen LogP) is 3.06. The Morgan fingerprint density at radius 3 is 2.40 bits per heavy atom. The minimum absolute atomic E-state index is 0.102. The molecule has 0 spiro atoms. The molecule has 0 saturated heterocycles. The number of furan rings is 1. The summed E-state index contributed by atoms with van der Waals surface area (Å²) in [5.74, 6) is -0.453. The van der Waals surface area contributed by atoms with Crippen molar-refractivity contribution in [2.24, 2.45) is 0 Å². The van der Waals surface area contributed by atoms with E-state index in [1.54, 1.807) is 55.5 Å². The van der Waals surface area contributed by atoms with Crippen LogP contribution in [0.25, 0.3) is 10.9 Å². The van der Waals surface area contributed by atoms with Gasteiger partial charge in [-0.05, 0) is 68.3 Å². The summed E-state index contributed by atoms with van der Waals surface area (Å²) in [7, 11) is 0. The lowest BCUT2D eigenvalue weighted by atomic mass is 10.2. The normalized spacial score (nSPS) is 10.8. The summed E-state index contributed by atoms with van der Waals surface area (Å²) in [4.78, 5) is 63.3. The van der Waals surface area contributed by atoms with Crippen LogP contribution in [0.15, 0.2) is 80.9 Å². The van der Waals surface area contributed by atoms with E-state index in [9.17, 15) is 24.0 Å². The van der Waals surface area contributed by atoms with E-state index in [4.69, 9.17) is 9.15 Å². The number of fused-ring (bicyclic) bond motifs is 1. The van der Waals surface area contributed by atoms with Crippen LogP contribution < -0.4 is 21.9 Å². The molecule has 2 aromatic heterocycles. The molecule has 4 rings (SSSR count). The van der Waals surface area contributed by atoms with Gasteiger partial charge in [-0.25, -0.2) is 9.59 Å². The van der Waals surface area contributed by atoms with E-state index < -0.39 is 23.1 Å². The molecule has 0 saturated carbocycles. The molecular formula is C29H30N4O7. The number of esters is 1. The maximum absolute atomic E-state index is 13.3. The van der Waals surface area contributed by atoms with Crippen LogP contribution in [-0.2, 0) is 34.0 Å². The van der Waals surface area contributed by atoms with Gasteiger partial charge in [0.25, 0.3) is 5.56 Å². The Hall–Kier alpha value is -4.93. The van der Waals surface area contributed by atoms with Gasteiger partial charge in [0.15, 0.2) is 0 Å². The maximum atomic E-state index is 13.3. The molecule has 2 heterocycles. The number of rotatable bonds is 12. The van der Waals surface area contributed by atoms with Crippen molar-refractivity contribution in [3.8, 4) is 0 Å². The number of ether oxygens (including phenoxy) is 1. The van der Waals surface area contributed by atoms with E-state index >= 15 is 0 Å². The third-order valence-corrected chi connectivity index (χ3v) is 6.19. The molecule has 11 nitrogen and oxygen atoms in total. The average Bonchev–Trinajstić information content (AvgIpc) is 3.48. The summed E-state index contributed by atoms with van der Waals surface area (Å²) in [6.45, 7) is 2.03. The van der Waals surface area contributed by atoms with Gasteiger partial charge in [-0.2, -0.15) is 0 Å². The SMILES string of the molecule is CCOC(=O)c1ccc(NC(=O)Cn2c(=O)n(CCCCC(=O)NCc3ccco3)c(=O)c3ccccc32)cc1. The van der Waals surface area contributed by atoms with Crippen molar-refractivity contribution in [3.05, 3.63) is 99.1 Å². The van der Waals surface area contributed by atoms with Crippen LogP contribution >= 0.6 is 0 Å². The van der Waals surface area contributed by atoms with Crippen molar-refractivity contribution in [1.29, 1.82) is 0 Å². The van der Waals surface area contributed by atoms with Gasteiger partial charge in [-0.15, -0.1) is 0 Å². The Balaban J connectivity index is 1.43. The number of aromatic nitrogens is 2. The fourth-order valence-electron chi connectivity index (χ4n) is 4.21. The molecule has 2 amide bonds. The Morgan fingerprint density at radius 1 is 0.900 bits per heavy atom. The van der Waals surface area contributed by atoms with Crippen LogP contribution in [0.4, 0.5) is 5.69 Å². The average molecular weight is 547 g/mol. The van der Waals surface area contributed by atoms with E-state index in [0.29, 0.717) is 40.8 Å². The second kappa shape index (κ2) is 13.2. The highest BCUT2D eigenvalue weighted by molar-refractivity contribution is 5.93. The second-order valence-electron chi connectivity index (χ2n) is 9.00. The lowest BCUT2D eigenvalue weighted by molar-refractivity contribution is -0.121. The molecule has 208 valence electrons. The number of para-hydroxylation sites is 1. The molecule has 0 aliphatic rings. The lowest BCUT2D eigenvalue weighted by Crippen LogP contribution is -2.41. The number of hydrogen-bond acceptors (Lipinski definition) is 7. The lowest BCUT2D eigenvalue weighted by Gasteiger charge is -2.14. The number of carbonyl (C=O) groups excluding carboxylic acids is 3. The van der Waals surface area contributed by atoms with Crippen molar-refractivity contribution in [1.82, 2.24) is 14.5 Å². The molecule has 40 heavy (non-hydrogen) atoms. The Morgan fingerprint density at radius 2 is 1.68 bits per heavy atom. The number of nitrogens with zero attached hydrogens (tertiary/aromatic N) is 2. The van der Waals surface area contributed by atoms with Gasteiger partial charge < -0.3 is 19.8 Å². The first-order chi connectivity index (χ1) is 19.4. The highest BCUT2D eigenvalue weighted by Crippen LogP contribution is 2.12. The molecule has 0 unspecified atom stereocenters. The highest BCUT2D eigenvalue weighted by Gasteiger charge is 2.16. The highest BCUT2D eigenvalue weighted by atomic mass is 16.5. The van der Waals surface area contributed by atoms with Gasteiger partial charge in [0.2, 0.25) is 11.8 Å². The van der Waals surface area contributed by atoms with Gasteiger partial charge >= 0.3 is 11.7 Å². The Labute approximate surface area is 229 Å². The first kappa shape index (κ1) is 28.1. The molecule has 2 N–H and O–H groups in total. The van der Waals surface area contributed by atoms with Crippen LogP contribution in [0.2, 0.25) is 0 Å². The number of anilines is 1. The summed E-state index contributed by atoms with van der Waals surface area (Å²) in [6.07, 6.45) is 2.64. The van der Waals surface area contributed by atoms with Gasteiger partial charge in [0, 0.05) is 18.7 Å². The molecule has 0 atom stereocenters. The quantitative estimate of drug-likeness (QED) is 0.205. The largest absolute Gasteiger partial charge is 0.467 e. The third kappa shape index (κ3) is 6.93. The van der Waals surface area contributed by atoms with Crippen molar-refractivity contribution in [2.75, 3.05) is 11.9 Å². The summed E-state index contributed by atoms with van der Waals surface area (Å²) < 4.78 is 12.5. The molecule has 0 radical (unpaired) electrons. The number of amides is 2. The van der Waals surface area contributed by atoms with Crippen molar-refractivity contribution < 1.29 is 23.5 Å². The van der Waals surface area contributed by atoms with Gasteiger partial charge in [-0.1, -0.05) is 12.1 Å². The van der Waals surface area contributed by atoms with E-state index in [1.807, 2.05) is 0 Å². The smallest absolute Gasteiger partial charge is 0.338 e. The topological polar surface area (TPSA) is 142 Å². The monoisotopic (exact) mass is 546 g/mol. The number of benzene rings is 2. The van der Waals surface area contributed by atoms with E-state index in [0.717, 1.165) is 4.57 Å². The number of carbonyl (C=O) groups is 3. The van der Waals surface area contributed by atoms with Crippen molar-refractivity contribution >= 4 is 34.4 Å². The number of hydrogen-bond donors (Lipinski definition) is 2. The fraction of sp³-hybridized carbons (Fsp3) is 0.276.